The summed E-state index contributed by atoms with van der Waals surface area (Å²) >= 11 is 1.56. The van der Waals surface area contributed by atoms with E-state index in [1.54, 1.807) is 11.3 Å². The second-order valence-corrected chi connectivity index (χ2v) is 6.21. The molecule has 1 aromatic rings. The van der Waals surface area contributed by atoms with Gasteiger partial charge in [-0.1, -0.05) is 6.92 Å². The van der Waals surface area contributed by atoms with Gasteiger partial charge >= 0.3 is 0 Å². The Hall–Kier alpha value is -1.38. The summed E-state index contributed by atoms with van der Waals surface area (Å²) in [4.78, 5) is 13.1. The van der Waals surface area contributed by atoms with Crippen LogP contribution in [0, 0.1) is 17.2 Å². The van der Waals surface area contributed by atoms with Gasteiger partial charge in [0.25, 0.3) is 0 Å². The highest BCUT2D eigenvalue weighted by Crippen LogP contribution is 2.38. The minimum absolute atomic E-state index is 0.0169. The molecule has 2 rings (SSSR count). The molecular formula is C14H19N3OS. The van der Waals surface area contributed by atoms with Gasteiger partial charge in [-0.05, 0) is 43.7 Å². The van der Waals surface area contributed by atoms with Crippen LogP contribution >= 0.6 is 11.3 Å². The number of fused-ring (bicyclic) bond motifs is 1. The number of aryl methyl sites for hydroxylation is 1. The van der Waals surface area contributed by atoms with Gasteiger partial charge in [0.05, 0.1) is 5.56 Å². The quantitative estimate of drug-likeness (QED) is 0.867. The third-order valence-electron chi connectivity index (χ3n) is 3.55. The molecule has 4 nitrogen and oxygen atoms in total. The number of amides is 1. The average Bonchev–Trinajstić information content (AvgIpc) is 2.96. The van der Waals surface area contributed by atoms with Crippen molar-refractivity contribution in [1.29, 1.82) is 5.26 Å². The summed E-state index contributed by atoms with van der Waals surface area (Å²) in [5.74, 6) is 0.339. The molecule has 0 fully saturated rings. The first-order valence-electron chi connectivity index (χ1n) is 6.70. The molecule has 0 bridgehead atoms. The molecular weight excluding hydrogens is 258 g/mol. The predicted molar refractivity (Wildman–Crippen MR) is 77.1 cm³/mol. The van der Waals surface area contributed by atoms with Crippen molar-refractivity contribution in [3.8, 4) is 6.07 Å². The summed E-state index contributed by atoms with van der Waals surface area (Å²) in [5, 5.41) is 12.8. The predicted octanol–water partition coefficient (Wildman–Crippen LogP) is 2.42. The molecule has 1 aliphatic carbocycles. The number of thiophene rings is 1. The van der Waals surface area contributed by atoms with Gasteiger partial charge in [0, 0.05) is 11.3 Å². The van der Waals surface area contributed by atoms with Gasteiger partial charge in [-0.25, -0.2) is 0 Å². The van der Waals surface area contributed by atoms with Crippen molar-refractivity contribution >= 4 is 22.2 Å². The van der Waals surface area contributed by atoms with Crippen molar-refractivity contribution in [3.63, 3.8) is 0 Å². The van der Waals surface area contributed by atoms with Crippen LogP contribution < -0.4 is 11.1 Å². The van der Waals surface area contributed by atoms with Gasteiger partial charge in [-0.2, -0.15) is 5.26 Å². The Bertz CT molecular complexity index is 515. The Labute approximate surface area is 117 Å². The molecule has 19 heavy (non-hydrogen) atoms. The van der Waals surface area contributed by atoms with E-state index in [2.05, 4.69) is 11.4 Å². The van der Waals surface area contributed by atoms with Crippen LogP contribution in [0.1, 0.15) is 42.2 Å². The molecule has 0 saturated heterocycles. The lowest BCUT2D eigenvalue weighted by atomic mass is 10.1. The molecule has 0 radical (unpaired) electrons. The summed E-state index contributed by atoms with van der Waals surface area (Å²) in [6.45, 7) is 2.64. The molecule has 0 spiro atoms. The lowest BCUT2D eigenvalue weighted by Crippen LogP contribution is -2.16. The first kappa shape index (κ1) is 14.0. The summed E-state index contributed by atoms with van der Waals surface area (Å²) in [7, 11) is 0. The largest absolute Gasteiger partial charge is 0.330 e. The van der Waals surface area contributed by atoms with E-state index in [4.69, 9.17) is 5.73 Å². The molecule has 0 saturated carbocycles. The molecule has 3 N–H and O–H groups in total. The molecule has 1 aromatic heterocycles. The van der Waals surface area contributed by atoms with Crippen molar-refractivity contribution in [3.05, 3.63) is 16.0 Å². The highest BCUT2D eigenvalue weighted by molar-refractivity contribution is 7.16. The molecule has 5 heteroatoms. The van der Waals surface area contributed by atoms with Gasteiger partial charge in [0.2, 0.25) is 5.91 Å². The normalized spacial score (nSPS) is 14.8. The van der Waals surface area contributed by atoms with Crippen molar-refractivity contribution in [2.45, 2.75) is 39.0 Å². The lowest BCUT2D eigenvalue weighted by Gasteiger charge is -2.08. The zero-order valence-corrected chi connectivity index (χ0v) is 12.0. The zero-order chi connectivity index (χ0) is 13.8. The van der Waals surface area contributed by atoms with Crippen molar-refractivity contribution in [2.75, 3.05) is 11.9 Å². The summed E-state index contributed by atoms with van der Waals surface area (Å²) < 4.78 is 0. The van der Waals surface area contributed by atoms with Crippen LogP contribution in [-0.2, 0) is 17.6 Å². The maximum absolute atomic E-state index is 11.9. The van der Waals surface area contributed by atoms with Crippen LogP contribution in [0.25, 0.3) is 0 Å². The van der Waals surface area contributed by atoms with Gasteiger partial charge in [0.15, 0.2) is 0 Å². The van der Waals surface area contributed by atoms with Crippen molar-refractivity contribution < 1.29 is 4.79 Å². The number of anilines is 1. The Kier molecular flexibility index (Phi) is 4.56. The Morgan fingerprint density at radius 2 is 2.37 bits per heavy atom. The van der Waals surface area contributed by atoms with Crippen LogP contribution in [0.15, 0.2) is 0 Å². The fourth-order valence-corrected chi connectivity index (χ4v) is 3.55. The SMILES string of the molecule is CC(CN)CCC(=O)Nc1sc2c(c1C#N)CCC2. The molecule has 1 unspecified atom stereocenters. The number of hydrogen-bond donors (Lipinski definition) is 2. The molecule has 1 aliphatic rings. The molecule has 1 heterocycles. The lowest BCUT2D eigenvalue weighted by molar-refractivity contribution is -0.116. The number of nitrogens with one attached hydrogen (secondary N) is 1. The first-order valence-corrected chi connectivity index (χ1v) is 7.52. The molecule has 0 aromatic carbocycles. The van der Waals surface area contributed by atoms with E-state index in [0.29, 0.717) is 24.4 Å². The highest BCUT2D eigenvalue weighted by Gasteiger charge is 2.22. The number of hydrogen-bond acceptors (Lipinski definition) is 4. The number of rotatable bonds is 5. The summed E-state index contributed by atoms with van der Waals surface area (Å²) in [6.07, 6.45) is 4.38. The van der Waals surface area contributed by atoms with E-state index in [-0.39, 0.29) is 5.91 Å². The Morgan fingerprint density at radius 3 is 3.05 bits per heavy atom. The monoisotopic (exact) mass is 277 g/mol. The van der Waals surface area contributed by atoms with Crippen LogP contribution in [-0.4, -0.2) is 12.5 Å². The van der Waals surface area contributed by atoms with Crippen LogP contribution in [0.5, 0.6) is 0 Å². The number of nitriles is 1. The third-order valence-corrected chi connectivity index (χ3v) is 4.76. The van der Waals surface area contributed by atoms with Crippen LogP contribution in [0.4, 0.5) is 5.00 Å². The zero-order valence-electron chi connectivity index (χ0n) is 11.2. The third kappa shape index (κ3) is 3.14. The van der Waals surface area contributed by atoms with Gasteiger partial charge in [0.1, 0.15) is 11.1 Å². The van der Waals surface area contributed by atoms with E-state index < -0.39 is 0 Å². The second kappa shape index (κ2) is 6.18. The summed E-state index contributed by atoms with van der Waals surface area (Å²) in [6, 6.07) is 2.23. The Morgan fingerprint density at radius 1 is 1.58 bits per heavy atom. The van der Waals surface area contributed by atoms with E-state index in [1.807, 2.05) is 6.92 Å². The molecule has 0 aliphatic heterocycles. The highest BCUT2D eigenvalue weighted by atomic mass is 32.1. The van der Waals surface area contributed by atoms with Crippen LogP contribution in [0.2, 0.25) is 0 Å². The van der Waals surface area contributed by atoms with Gasteiger partial charge in [-0.3, -0.25) is 4.79 Å². The minimum Gasteiger partial charge on any atom is -0.330 e. The van der Waals surface area contributed by atoms with Crippen molar-refractivity contribution in [1.82, 2.24) is 0 Å². The molecule has 1 amide bonds. The van der Waals surface area contributed by atoms with E-state index in [1.165, 1.54) is 4.88 Å². The number of carbonyl (C=O) groups is 1. The smallest absolute Gasteiger partial charge is 0.225 e. The molecule has 1 atom stereocenters. The van der Waals surface area contributed by atoms with E-state index >= 15 is 0 Å². The van der Waals surface area contributed by atoms with Crippen molar-refractivity contribution in [2.24, 2.45) is 11.7 Å². The van der Waals surface area contributed by atoms with E-state index in [0.717, 1.165) is 36.2 Å². The Balaban J connectivity index is 2.00. The second-order valence-electron chi connectivity index (χ2n) is 5.10. The number of nitrogens with two attached hydrogens (primary N) is 1. The molecule has 102 valence electrons. The van der Waals surface area contributed by atoms with Gasteiger partial charge in [-0.15, -0.1) is 11.3 Å². The average molecular weight is 277 g/mol. The summed E-state index contributed by atoms with van der Waals surface area (Å²) in [5.41, 5.74) is 7.36. The fourth-order valence-electron chi connectivity index (χ4n) is 2.30. The minimum atomic E-state index is -0.0169. The topological polar surface area (TPSA) is 78.9 Å². The standard InChI is InChI=1S/C14H19N3OS/c1-9(7-15)5-6-13(18)17-14-11(8-16)10-3-2-4-12(10)19-14/h9H,2-7,15H2,1H3,(H,17,18). The fraction of sp³-hybridized carbons (Fsp3) is 0.571. The number of carbonyl (C=O) groups excluding carboxylic acids is 1. The van der Waals surface area contributed by atoms with Gasteiger partial charge < -0.3 is 11.1 Å². The maximum Gasteiger partial charge on any atom is 0.225 e. The van der Waals surface area contributed by atoms with Crippen LogP contribution in [0.3, 0.4) is 0 Å². The maximum atomic E-state index is 11.9. The van der Waals surface area contributed by atoms with E-state index in [9.17, 15) is 10.1 Å². The first-order chi connectivity index (χ1) is 9.15. The number of nitrogens with zero attached hydrogens (tertiary/aromatic N) is 1.